The molecule has 1 aromatic carbocycles. The molecule has 36 heavy (non-hydrogen) atoms. The number of carbonyl (C=O) groups is 1. The normalized spacial score (nSPS) is 13.0. The molecule has 0 unspecified atom stereocenters. The highest BCUT2D eigenvalue weighted by atomic mass is 32.1. The highest BCUT2D eigenvalue weighted by Crippen LogP contribution is 2.45. The van der Waals surface area contributed by atoms with Crippen molar-refractivity contribution in [1.82, 2.24) is 15.0 Å². The fourth-order valence-electron chi connectivity index (χ4n) is 4.09. The third-order valence-corrected chi connectivity index (χ3v) is 6.61. The van der Waals surface area contributed by atoms with Crippen molar-refractivity contribution in [2.75, 3.05) is 12.4 Å². The van der Waals surface area contributed by atoms with Gasteiger partial charge in [0.15, 0.2) is 11.6 Å². The molecule has 184 valence electrons. The smallest absolute Gasteiger partial charge is 0.412 e. The van der Waals surface area contributed by atoms with Gasteiger partial charge in [-0.1, -0.05) is 0 Å². The van der Waals surface area contributed by atoms with Gasteiger partial charge in [0.05, 0.1) is 42.5 Å². The van der Waals surface area contributed by atoms with E-state index in [1.54, 1.807) is 20.8 Å². The van der Waals surface area contributed by atoms with Crippen LogP contribution in [-0.4, -0.2) is 33.8 Å². The highest BCUT2D eigenvalue weighted by Gasteiger charge is 2.30. The second kappa shape index (κ2) is 8.61. The number of amides is 1. The van der Waals surface area contributed by atoms with Crippen molar-refractivity contribution in [3.8, 4) is 23.3 Å². The summed E-state index contributed by atoms with van der Waals surface area (Å²) in [6.07, 6.45) is 1.61. The molecular formula is C24H19F2N5O4S. The Morgan fingerprint density at radius 1 is 1.22 bits per heavy atom. The first-order chi connectivity index (χ1) is 17.1. The third kappa shape index (κ3) is 3.86. The number of benzene rings is 1. The third-order valence-electron chi connectivity index (χ3n) is 5.49. The summed E-state index contributed by atoms with van der Waals surface area (Å²) in [5.74, 6) is -1.45. The van der Waals surface area contributed by atoms with Crippen LogP contribution in [0.2, 0.25) is 0 Å². The van der Waals surface area contributed by atoms with Crippen molar-refractivity contribution in [3.05, 3.63) is 40.7 Å². The number of aromatic nitrogens is 3. The van der Waals surface area contributed by atoms with Gasteiger partial charge in [0.25, 0.3) is 0 Å². The lowest BCUT2D eigenvalue weighted by atomic mass is 9.94. The lowest BCUT2D eigenvalue weighted by Crippen LogP contribution is -2.27. The van der Waals surface area contributed by atoms with Crippen LogP contribution in [0.1, 0.15) is 37.5 Å². The van der Waals surface area contributed by atoms with Crippen LogP contribution in [-0.2, 0) is 22.7 Å². The van der Waals surface area contributed by atoms with Crippen molar-refractivity contribution in [1.29, 1.82) is 5.26 Å². The summed E-state index contributed by atoms with van der Waals surface area (Å²) >= 11 is 0.838. The Morgan fingerprint density at radius 3 is 2.67 bits per heavy atom. The zero-order chi connectivity index (χ0) is 25.8. The molecule has 0 radical (unpaired) electrons. The maximum atomic E-state index is 16.1. The van der Waals surface area contributed by atoms with Gasteiger partial charge < -0.3 is 14.2 Å². The van der Waals surface area contributed by atoms with Crippen LogP contribution in [0.3, 0.4) is 0 Å². The zero-order valence-corrected chi connectivity index (χ0v) is 20.5. The van der Waals surface area contributed by atoms with Gasteiger partial charge in [-0.05, 0) is 31.9 Å². The Morgan fingerprint density at radius 2 is 1.97 bits per heavy atom. The lowest BCUT2D eigenvalue weighted by molar-refractivity contribution is 0.0636. The van der Waals surface area contributed by atoms with Crippen LogP contribution in [0.25, 0.3) is 32.2 Å². The molecule has 1 amide bonds. The highest BCUT2D eigenvalue weighted by molar-refractivity contribution is 7.23. The minimum atomic E-state index is -0.810. The molecular weight excluding hydrogens is 492 g/mol. The van der Waals surface area contributed by atoms with Crippen molar-refractivity contribution in [2.24, 2.45) is 0 Å². The number of thiophene rings is 1. The Labute approximate surface area is 207 Å². The summed E-state index contributed by atoms with van der Waals surface area (Å²) in [4.78, 5) is 24.8. The van der Waals surface area contributed by atoms with E-state index in [0.717, 1.165) is 17.5 Å². The first kappa shape index (κ1) is 23.8. The molecule has 3 aromatic heterocycles. The van der Waals surface area contributed by atoms with Gasteiger partial charge in [-0.3, -0.25) is 10.3 Å². The van der Waals surface area contributed by atoms with Crippen LogP contribution < -0.4 is 10.1 Å². The number of ether oxygens (including phenoxy) is 3. The monoisotopic (exact) mass is 511 g/mol. The average molecular weight is 512 g/mol. The van der Waals surface area contributed by atoms with Crippen molar-refractivity contribution < 1.29 is 27.8 Å². The number of hydrogen-bond donors (Lipinski definition) is 1. The number of pyridine rings is 1. The Kier molecular flexibility index (Phi) is 5.69. The molecule has 4 aromatic rings. The fourth-order valence-corrected chi connectivity index (χ4v) is 5.13. The molecule has 12 heteroatoms. The van der Waals surface area contributed by atoms with E-state index < -0.39 is 23.3 Å². The van der Waals surface area contributed by atoms with Gasteiger partial charge >= 0.3 is 12.1 Å². The number of nitriles is 1. The average Bonchev–Trinajstić information content (AvgIpc) is 3.44. The van der Waals surface area contributed by atoms with Crippen LogP contribution >= 0.6 is 11.3 Å². The second-order valence-electron chi connectivity index (χ2n) is 8.96. The summed E-state index contributed by atoms with van der Waals surface area (Å²) < 4.78 is 46.9. The van der Waals surface area contributed by atoms with E-state index in [1.165, 1.54) is 13.3 Å². The number of carbonyl (C=O) groups excluding carboxylic acids is 1. The number of halogens is 2. The van der Waals surface area contributed by atoms with Crippen LogP contribution in [0.4, 0.5) is 18.6 Å². The molecule has 4 heterocycles. The minimum Gasteiger partial charge on any atom is -0.467 e. The van der Waals surface area contributed by atoms with Crippen LogP contribution in [0, 0.1) is 23.0 Å². The van der Waals surface area contributed by atoms with Gasteiger partial charge in [-0.25, -0.2) is 18.6 Å². The van der Waals surface area contributed by atoms with E-state index in [9.17, 15) is 14.4 Å². The summed E-state index contributed by atoms with van der Waals surface area (Å²) in [6.45, 7) is 5.34. The summed E-state index contributed by atoms with van der Waals surface area (Å²) in [5, 5.41) is 13.1. The molecule has 0 saturated carbocycles. The first-order valence-electron chi connectivity index (χ1n) is 10.8. The molecule has 0 fully saturated rings. The summed E-state index contributed by atoms with van der Waals surface area (Å²) in [6, 6.07) is 1.97. The van der Waals surface area contributed by atoms with Gasteiger partial charge in [-0.15, -0.1) is 11.3 Å². The van der Waals surface area contributed by atoms with Gasteiger partial charge in [0.2, 0.25) is 0 Å². The van der Waals surface area contributed by atoms with Crippen molar-refractivity contribution in [3.63, 3.8) is 0 Å². The van der Waals surface area contributed by atoms with E-state index >= 15 is 4.39 Å². The van der Waals surface area contributed by atoms with Crippen LogP contribution in [0.5, 0.6) is 6.01 Å². The number of hydrogen-bond acceptors (Lipinski definition) is 9. The number of nitrogens with zero attached hydrogens (tertiary/aromatic N) is 4. The largest absolute Gasteiger partial charge is 0.467 e. The maximum Gasteiger partial charge on any atom is 0.412 e. The predicted octanol–water partition coefficient (Wildman–Crippen LogP) is 5.44. The number of nitrogens with one attached hydrogen (secondary N) is 1. The van der Waals surface area contributed by atoms with Gasteiger partial charge in [0.1, 0.15) is 22.2 Å². The molecule has 0 atom stereocenters. The van der Waals surface area contributed by atoms with E-state index in [4.69, 9.17) is 14.2 Å². The SMILES string of the molecule is COc1ncc2c3c(c(-c4ncc(F)c5sc(NC(=O)OC(C)(C)C)c(C#N)c45)c(F)c2n1)COC3. The Balaban J connectivity index is 1.78. The topological polar surface area (TPSA) is 119 Å². The molecule has 1 aliphatic heterocycles. The number of methoxy groups -OCH3 is 1. The predicted molar refractivity (Wildman–Crippen MR) is 128 cm³/mol. The molecule has 9 nitrogen and oxygen atoms in total. The summed E-state index contributed by atoms with van der Waals surface area (Å²) in [7, 11) is 1.37. The molecule has 0 bridgehead atoms. The first-order valence-corrected chi connectivity index (χ1v) is 11.6. The maximum absolute atomic E-state index is 16.1. The van der Waals surface area contributed by atoms with Gasteiger partial charge in [-0.2, -0.15) is 10.2 Å². The quantitative estimate of drug-likeness (QED) is 0.386. The molecule has 0 spiro atoms. The Hall–Kier alpha value is -3.95. The number of fused-ring (bicyclic) bond motifs is 4. The standard InChI is InChI=1S/C24H19F2N5O4S/c1-24(2,3)35-23(32)31-21-10(5-27)16-19(28-7-14(25)20(16)36-21)15-13-9-34-8-12(13)11-6-29-22(33-4)30-18(11)17(15)26/h6-7H,8-9H2,1-4H3,(H,31,32). The minimum absolute atomic E-state index is 0.0128. The van der Waals surface area contributed by atoms with Crippen molar-refractivity contribution >= 4 is 43.4 Å². The van der Waals surface area contributed by atoms with Crippen LogP contribution in [0.15, 0.2) is 12.4 Å². The fraction of sp³-hybridized carbons (Fsp3) is 0.292. The number of rotatable bonds is 3. The Bertz CT molecular complexity index is 1610. The lowest BCUT2D eigenvalue weighted by Gasteiger charge is -2.19. The molecule has 0 aliphatic carbocycles. The van der Waals surface area contributed by atoms with E-state index in [2.05, 4.69) is 20.3 Å². The van der Waals surface area contributed by atoms with Gasteiger partial charge in [0, 0.05) is 22.5 Å². The van der Waals surface area contributed by atoms with E-state index in [0.29, 0.717) is 16.5 Å². The number of anilines is 1. The second-order valence-corrected chi connectivity index (χ2v) is 9.98. The zero-order valence-electron chi connectivity index (χ0n) is 19.7. The summed E-state index contributed by atoms with van der Waals surface area (Å²) in [5.41, 5.74) is 0.393. The van der Waals surface area contributed by atoms with E-state index in [-0.39, 0.29) is 56.6 Å². The van der Waals surface area contributed by atoms with Crippen molar-refractivity contribution in [2.45, 2.75) is 39.6 Å². The molecule has 0 saturated heterocycles. The molecule has 5 rings (SSSR count). The molecule has 1 N–H and O–H groups in total. The van der Waals surface area contributed by atoms with E-state index in [1.807, 2.05) is 6.07 Å². The molecule has 1 aliphatic rings.